The van der Waals surface area contributed by atoms with Crippen LogP contribution in [-0.4, -0.2) is 30.3 Å². The molecule has 0 bridgehead atoms. The van der Waals surface area contributed by atoms with Gasteiger partial charge in [-0.15, -0.1) is 11.3 Å². The lowest BCUT2D eigenvalue weighted by Gasteiger charge is -2.22. The maximum absolute atomic E-state index is 15.2. The number of benzene rings is 2. The molecular weight excluding hydrogens is 563 g/mol. The van der Waals surface area contributed by atoms with Crippen molar-refractivity contribution in [2.45, 2.75) is 52.7 Å². The van der Waals surface area contributed by atoms with Crippen LogP contribution in [0.3, 0.4) is 0 Å². The zero-order valence-electron chi connectivity index (χ0n) is 24.3. The van der Waals surface area contributed by atoms with E-state index in [1.807, 2.05) is 56.0 Å². The Morgan fingerprint density at radius 1 is 1.07 bits per heavy atom. The smallest absolute Gasteiger partial charge is 0.264 e. The SMILES string of the molecule is Cc1cccc(-c2c([C@H](C3CC3)n3nc(-c4ccc(OC(C)C)c(F)c4)c4c(N)ncnc43)cc3scc(C)n3c2=O)c1. The van der Waals surface area contributed by atoms with E-state index in [-0.39, 0.29) is 35.2 Å². The van der Waals surface area contributed by atoms with Gasteiger partial charge in [0.1, 0.15) is 22.7 Å². The molecule has 0 aliphatic heterocycles. The van der Waals surface area contributed by atoms with Gasteiger partial charge in [0.25, 0.3) is 5.56 Å². The number of nitrogens with zero attached hydrogens (tertiary/aromatic N) is 5. The zero-order chi connectivity index (χ0) is 30.0. The predicted molar refractivity (Wildman–Crippen MR) is 168 cm³/mol. The zero-order valence-corrected chi connectivity index (χ0v) is 25.2. The van der Waals surface area contributed by atoms with Gasteiger partial charge in [0.05, 0.1) is 23.1 Å². The molecule has 0 amide bonds. The molecule has 1 aliphatic carbocycles. The number of hydrogen-bond acceptors (Lipinski definition) is 7. The Labute approximate surface area is 251 Å². The maximum atomic E-state index is 15.2. The highest BCUT2D eigenvalue weighted by molar-refractivity contribution is 7.15. The third-order valence-corrected chi connectivity index (χ3v) is 8.95. The van der Waals surface area contributed by atoms with Gasteiger partial charge in [-0.1, -0.05) is 29.8 Å². The van der Waals surface area contributed by atoms with Crippen LogP contribution in [0.15, 0.2) is 65.0 Å². The fourth-order valence-electron chi connectivity index (χ4n) is 5.93. The molecule has 1 fully saturated rings. The van der Waals surface area contributed by atoms with Crippen LogP contribution in [0.25, 0.3) is 38.2 Å². The molecule has 4 heterocycles. The minimum absolute atomic E-state index is 0.0591. The number of thiazole rings is 1. The highest BCUT2D eigenvalue weighted by Crippen LogP contribution is 2.48. The number of fused-ring (bicyclic) bond motifs is 2. The van der Waals surface area contributed by atoms with Crippen molar-refractivity contribution in [2.75, 3.05) is 5.73 Å². The Bertz CT molecular complexity index is 2090. The van der Waals surface area contributed by atoms with E-state index < -0.39 is 5.82 Å². The van der Waals surface area contributed by atoms with E-state index in [0.29, 0.717) is 27.9 Å². The molecule has 1 atom stereocenters. The standard InChI is InChI=1S/C33H31FN6O2S/c1-17(2)42-25-11-10-22(13-24(25)34)29-28-31(35)36-16-37-32(28)40(38-29)30(20-8-9-20)23-14-26-39(19(4)15-43-26)33(41)27(23)21-7-5-6-18(3)12-21/h5-7,10-17,20,30H,8-9H2,1-4H3,(H2,35,36,37)/t30-/m0/s1. The highest BCUT2D eigenvalue weighted by atomic mass is 32.1. The van der Waals surface area contributed by atoms with E-state index in [1.54, 1.807) is 27.9 Å². The second kappa shape index (κ2) is 10.3. The monoisotopic (exact) mass is 594 g/mol. The van der Waals surface area contributed by atoms with Crippen molar-refractivity contribution >= 4 is 33.0 Å². The average molecular weight is 595 g/mol. The molecule has 4 aromatic heterocycles. The van der Waals surface area contributed by atoms with E-state index in [0.717, 1.165) is 40.1 Å². The van der Waals surface area contributed by atoms with Gasteiger partial charge in [-0.05, 0) is 81.8 Å². The molecule has 2 aromatic carbocycles. The molecule has 7 rings (SSSR count). The Kier molecular flexibility index (Phi) is 6.54. The van der Waals surface area contributed by atoms with E-state index in [2.05, 4.69) is 22.1 Å². The molecule has 0 radical (unpaired) electrons. The first-order valence-electron chi connectivity index (χ1n) is 14.4. The van der Waals surface area contributed by atoms with Crippen molar-refractivity contribution in [3.05, 3.63) is 93.2 Å². The van der Waals surface area contributed by atoms with E-state index in [1.165, 1.54) is 12.4 Å². The number of anilines is 1. The Balaban J connectivity index is 1.49. The summed E-state index contributed by atoms with van der Waals surface area (Å²) in [6, 6.07) is 14.7. The first-order chi connectivity index (χ1) is 20.7. The van der Waals surface area contributed by atoms with Gasteiger partial charge in [-0.2, -0.15) is 5.10 Å². The Morgan fingerprint density at radius 2 is 1.88 bits per heavy atom. The maximum Gasteiger partial charge on any atom is 0.264 e. The van der Waals surface area contributed by atoms with Gasteiger partial charge in [-0.25, -0.2) is 19.0 Å². The minimum atomic E-state index is -0.490. The van der Waals surface area contributed by atoms with E-state index in [9.17, 15) is 4.79 Å². The van der Waals surface area contributed by atoms with Gasteiger partial charge in [0.15, 0.2) is 17.2 Å². The molecule has 0 spiro atoms. The molecule has 1 saturated carbocycles. The van der Waals surface area contributed by atoms with Gasteiger partial charge in [0, 0.05) is 16.6 Å². The van der Waals surface area contributed by atoms with Crippen LogP contribution >= 0.6 is 11.3 Å². The number of nitrogens with two attached hydrogens (primary N) is 1. The van der Waals surface area contributed by atoms with Crippen LogP contribution in [-0.2, 0) is 0 Å². The summed E-state index contributed by atoms with van der Waals surface area (Å²) >= 11 is 1.54. The lowest BCUT2D eigenvalue weighted by atomic mass is 9.93. The second-order valence-corrected chi connectivity index (χ2v) is 12.4. The predicted octanol–water partition coefficient (Wildman–Crippen LogP) is 6.96. The molecule has 43 heavy (non-hydrogen) atoms. The third kappa shape index (κ3) is 4.66. The topological polar surface area (TPSA) is 100 Å². The van der Waals surface area contributed by atoms with Gasteiger partial charge < -0.3 is 10.5 Å². The highest BCUT2D eigenvalue weighted by Gasteiger charge is 2.39. The summed E-state index contributed by atoms with van der Waals surface area (Å²) in [4.78, 5) is 24.0. The lowest BCUT2D eigenvalue weighted by Crippen LogP contribution is -2.23. The van der Waals surface area contributed by atoms with Crippen molar-refractivity contribution in [1.82, 2.24) is 24.1 Å². The third-order valence-electron chi connectivity index (χ3n) is 7.95. The van der Waals surface area contributed by atoms with Crippen molar-refractivity contribution in [3.63, 3.8) is 0 Å². The van der Waals surface area contributed by atoms with Crippen LogP contribution in [0, 0.1) is 25.6 Å². The molecule has 1 aliphatic rings. The van der Waals surface area contributed by atoms with Crippen molar-refractivity contribution in [2.24, 2.45) is 5.92 Å². The number of nitrogen functional groups attached to an aromatic ring is 1. The summed E-state index contributed by atoms with van der Waals surface area (Å²) in [6.45, 7) is 7.68. The minimum Gasteiger partial charge on any atom is -0.488 e. The summed E-state index contributed by atoms with van der Waals surface area (Å²) in [5.74, 6) is 0.172. The van der Waals surface area contributed by atoms with Gasteiger partial charge in [0.2, 0.25) is 0 Å². The molecule has 10 heteroatoms. The molecule has 0 saturated heterocycles. The van der Waals surface area contributed by atoms with Gasteiger partial charge in [-0.3, -0.25) is 9.20 Å². The molecule has 8 nitrogen and oxygen atoms in total. The first kappa shape index (κ1) is 27.3. The number of halogens is 1. The number of hydrogen-bond donors (Lipinski definition) is 1. The van der Waals surface area contributed by atoms with Crippen molar-refractivity contribution in [1.29, 1.82) is 0 Å². The Hall–Kier alpha value is -4.57. The summed E-state index contributed by atoms with van der Waals surface area (Å²) in [6.07, 6.45) is 3.22. The summed E-state index contributed by atoms with van der Waals surface area (Å²) in [7, 11) is 0. The van der Waals surface area contributed by atoms with E-state index in [4.69, 9.17) is 15.6 Å². The number of ether oxygens (including phenoxy) is 1. The quantitative estimate of drug-likeness (QED) is 0.215. The number of pyridine rings is 1. The molecule has 0 unspecified atom stereocenters. The van der Waals surface area contributed by atoms with Crippen LogP contribution < -0.4 is 16.0 Å². The van der Waals surface area contributed by atoms with Crippen LogP contribution in [0.1, 0.15) is 49.6 Å². The Morgan fingerprint density at radius 3 is 2.60 bits per heavy atom. The summed E-state index contributed by atoms with van der Waals surface area (Å²) in [5, 5.41) is 7.63. The molecule has 6 aromatic rings. The van der Waals surface area contributed by atoms with E-state index >= 15 is 4.39 Å². The lowest BCUT2D eigenvalue weighted by molar-refractivity contribution is 0.231. The number of rotatable bonds is 7. The van der Waals surface area contributed by atoms with Gasteiger partial charge >= 0.3 is 0 Å². The fourth-order valence-corrected chi connectivity index (χ4v) is 6.86. The van der Waals surface area contributed by atoms with Crippen molar-refractivity contribution in [3.8, 4) is 28.1 Å². The second-order valence-electron chi connectivity index (χ2n) is 11.5. The largest absolute Gasteiger partial charge is 0.488 e. The molecular formula is C33H31FN6O2S. The van der Waals surface area contributed by atoms with Crippen LogP contribution in [0.4, 0.5) is 10.2 Å². The molecule has 2 N–H and O–H groups in total. The summed E-state index contributed by atoms with van der Waals surface area (Å²) < 4.78 is 24.5. The molecule has 218 valence electrons. The average Bonchev–Trinajstić information content (AvgIpc) is 3.62. The number of aromatic nitrogens is 5. The van der Waals surface area contributed by atoms with Crippen LogP contribution in [0.5, 0.6) is 5.75 Å². The normalized spacial score (nSPS) is 14.2. The summed E-state index contributed by atoms with van der Waals surface area (Å²) in [5.41, 5.74) is 12.3. The number of aryl methyl sites for hydroxylation is 2. The fraction of sp³-hybridized carbons (Fsp3) is 0.273. The first-order valence-corrected chi connectivity index (χ1v) is 15.2. The van der Waals surface area contributed by atoms with Crippen LogP contribution in [0.2, 0.25) is 0 Å². The van der Waals surface area contributed by atoms with Crippen molar-refractivity contribution < 1.29 is 9.13 Å².